The fraction of sp³-hybridized carbons (Fsp3) is 0.346. The number of hydrogen-bond acceptors (Lipinski definition) is 12. The molecule has 6 fully saturated rings. The van der Waals surface area contributed by atoms with E-state index >= 15 is 9.59 Å². The molecule has 9 heterocycles. The maximum atomic E-state index is 15.1. The average Bonchev–Trinajstić information content (AvgIpc) is 3.36. The molecule has 1 aliphatic carbocycles. The summed E-state index contributed by atoms with van der Waals surface area (Å²) in [7, 11) is 3.29. The van der Waals surface area contributed by atoms with Gasteiger partial charge in [-0.1, -0.05) is 36.4 Å². The van der Waals surface area contributed by atoms with Crippen molar-refractivity contribution in [3.05, 3.63) is 144 Å². The van der Waals surface area contributed by atoms with Crippen molar-refractivity contribution in [1.29, 1.82) is 0 Å². The normalized spacial score (nSPS) is 26.5. The minimum atomic E-state index is -0.620. The highest BCUT2D eigenvalue weighted by atomic mass is 16.5. The van der Waals surface area contributed by atoms with Crippen LogP contribution >= 0.6 is 0 Å². The molecule has 10 atom stereocenters. The van der Waals surface area contributed by atoms with Gasteiger partial charge in [0.05, 0.1) is 37.3 Å². The standard InChI is InChI=1S/C52H50N6O6/c1-5-29-27-57-21-17-31(29)23-43(57)49(37-15-19-53-41-13-11-33(61-3)25-39(37)41)63-51-45-46(48(60)36-10-8-7-9-35(36)47(45)59)52(56-55-51)64-50(44-24-32-18-22-58(44)28-30(32)6-2)38-16-20-54-42-14-12-34(62-4)26-40(38)42/h5-16,19-20,25-26,29-32,43-44,49-50H,1-2,17-18,21-24,27-28H2,3-4H3/t29-,30?,31+,32?,43?,44?,49-,50-/m0/s1. The summed E-state index contributed by atoms with van der Waals surface area (Å²) in [5.74, 6) is 2.17. The van der Waals surface area contributed by atoms with E-state index < -0.39 is 12.2 Å². The Bertz CT molecular complexity index is 2670. The minimum Gasteiger partial charge on any atom is -0.497 e. The first-order valence-corrected chi connectivity index (χ1v) is 22.4. The van der Waals surface area contributed by atoms with E-state index in [2.05, 4.69) is 35.1 Å². The Morgan fingerprint density at radius 2 is 1.09 bits per heavy atom. The lowest BCUT2D eigenvalue weighted by Crippen LogP contribution is -2.55. The molecule has 0 saturated carbocycles. The van der Waals surface area contributed by atoms with Gasteiger partial charge in [0, 0.05) is 58.5 Å². The van der Waals surface area contributed by atoms with Gasteiger partial charge in [-0.3, -0.25) is 29.4 Å². The molecule has 3 aromatic carbocycles. The van der Waals surface area contributed by atoms with Crippen molar-refractivity contribution in [2.75, 3.05) is 40.4 Å². The molecule has 6 unspecified atom stereocenters. The summed E-state index contributed by atoms with van der Waals surface area (Å²) in [4.78, 5) is 44.4. The van der Waals surface area contributed by atoms with Crippen molar-refractivity contribution in [1.82, 2.24) is 30.0 Å². The smallest absolute Gasteiger partial charge is 0.246 e. The fourth-order valence-electron chi connectivity index (χ4n) is 11.5. The zero-order valence-corrected chi connectivity index (χ0v) is 36.1. The number of carbonyl (C=O) groups is 2. The summed E-state index contributed by atoms with van der Waals surface area (Å²) in [6.45, 7) is 11.8. The van der Waals surface area contributed by atoms with Crippen molar-refractivity contribution in [2.45, 2.75) is 50.0 Å². The minimum absolute atomic E-state index is 0.0130. The topological polar surface area (TPSA) is 129 Å². The summed E-state index contributed by atoms with van der Waals surface area (Å²) in [5, 5.41) is 11.3. The van der Waals surface area contributed by atoms with E-state index in [-0.39, 0.29) is 57.7 Å². The van der Waals surface area contributed by atoms with Crippen molar-refractivity contribution in [3.63, 3.8) is 0 Å². The number of pyridine rings is 2. The SMILES string of the molecule is C=CC1CN2CCC1CC2[C@@H](Oc1nnc(O[C@@H](c2ccnc3ccc(OC)cc23)C2C[C@H]3CCN2C[C@@H]3C=C)c2c1C(=O)c1ccccc1C2=O)c1ccnc2ccc(OC)cc12. The van der Waals surface area contributed by atoms with Gasteiger partial charge in [0.1, 0.15) is 34.8 Å². The predicted molar refractivity (Wildman–Crippen MR) is 242 cm³/mol. The molecule has 0 N–H and O–H groups in total. The summed E-state index contributed by atoms with van der Waals surface area (Å²) < 4.78 is 25.8. The number of nitrogens with zero attached hydrogens (tertiary/aromatic N) is 6. The second-order valence-corrected chi connectivity index (χ2v) is 17.9. The first-order valence-electron chi connectivity index (χ1n) is 22.4. The first kappa shape index (κ1) is 40.3. The Hall–Kier alpha value is -6.50. The van der Waals surface area contributed by atoms with Crippen LogP contribution in [0, 0.1) is 23.7 Å². The van der Waals surface area contributed by atoms with Crippen LogP contribution in [-0.4, -0.2) is 94.0 Å². The maximum Gasteiger partial charge on any atom is 0.246 e. The fourth-order valence-corrected chi connectivity index (χ4v) is 11.5. The molecule has 6 aromatic rings. The molecule has 6 aliphatic heterocycles. The average molecular weight is 855 g/mol. The molecule has 12 heteroatoms. The van der Waals surface area contributed by atoms with Gasteiger partial charge in [0.15, 0.2) is 11.6 Å². The Labute approximate surface area is 371 Å². The Morgan fingerprint density at radius 1 is 0.641 bits per heavy atom. The molecule has 0 spiro atoms. The molecule has 0 radical (unpaired) electrons. The number of aromatic nitrogens is 4. The van der Waals surface area contributed by atoms with Crippen LogP contribution in [-0.2, 0) is 0 Å². The summed E-state index contributed by atoms with van der Waals surface area (Å²) in [6, 6.07) is 22.3. The number of ether oxygens (including phenoxy) is 4. The summed E-state index contributed by atoms with van der Waals surface area (Å²) >= 11 is 0. The van der Waals surface area contributed by atoms with Crippen LogP contribution in [0.3, 0.4) is 0 Å². The monoisotopic (exact) mass is 854 g/mol. The molecule has 324 valence electrons. The van der Waals surface area contributed by atoms with E-state index in [1.807, 2.05) is 48.5 Å². The van der Waals surface area contributed by atoms with Crippen LogP contribution in [0.4, 0.5) is 0 Å². The molecule has 0 amide bonds. The molecule has 6 saturated heterocycles. The van der Waals surface area contributed by atoms with E-state index in [1.54, 1.807) is 50.9 Å². The molecule has 12 nitrogen and oxygen atoms in total. The number of ketones is 2. The lowest BCUT2D eigenvalue weighted by atomic mass is 9.73. The van der Waals surface area contributed by atoms with Crippen LogP contribution < -0.4 is 18.9 Å². The van der Waals surface area contributed by atoms with Gasteiger partial charge in [0.25, 0.3) is 0 Å². The molecular weight excluding hydrogens is 805 g/mol. The van der Waals surface area contributed by atoms with Gasteiger partial charge in [0.2, 0.25) is 11.8 Å². The Kier molecular flexibility index (Phi) is 10.2. The Morgan fingerprint density at radius 3 is 1.48 bits per heavy atom. The summed E-state index contributed by atoms with van der Waals surface area (Å²) in [5.41, 5.74) is 3.97. The predicted octanol–water partition coefficient (Wildman–Crippen LogP) is 8.40. The third kappa shape index (κ3) is 6.65. The maximum absolute atomic E-state index is 15.1. The molecule has 4 bridgehead atoms. The number of benzene rings is 3. The van der Waals surface area contributed by atoms with Gasteiger partial charge in [-0.25, -0.2) is 0 Å². The van der Waals surface area contributed by atoms with E-state index in [4.69, 9.17) is 39.1 Å². The molecule has 3 aromatic heterocycles. The van der Waals surface area contributed by atoms with Crippen LogP contribution in [0.1, 0.15) is 80.9 Å². The quantitative estimate of drug-likeness (QED) is 0.110. The largest absolute Gasteiger partial charge is 0.497 e. The van der Waals surface area contributed by atoms with Crippen LogP contribution in [0.15, 0.2) is 111 Å². The van der Waals surface area contributed by atoms with Gasteiger partial charge in [-0.05, 0) is 111 Å². The third-order valence-corrected chi connectivity index (χ3v) is 14.8. The van der Waals surface area contributed by atoms with Crippen LogP contribution in [0.2, 0.25) is 0 Å². The van der Waals surface area contributed by atoms with Gasteiger partial charge >= 0.3 is 0 Å². The van der Waals surface area contributed by atoms with Gasteiger partial charge < -0.3 is 18.9 Å². The lowest BCUT2D eigenvalue weighted by Gasteiger charge is -2.51. The zero-order valence-electron chi connectivity index (χ0n) is 36.1. The molecular formula is C52H50N6O6. The number of fused-ring (bicyclic) bond motifs is 10. The number of rotatable bonds is 12. The second kappa shape index (κ2) is 16.2. The zero-order chi connectivity index (χ0) is 43.6. The number of methoxy groups -OCH3 is 2. The number of hydrogen-bond donors (Lipinski definition) is 0. The lowest BCUT2D eigenvalue weighted by molar-refractivity contribution is -0.0391. The van der Waals surface area contributed by atoms with Gasteiger partial charge in [-0.15, -0.1) is 23.4 Å². The van der Waals surface area contributed by atoms with Crippen molar-refractivity contribution < 1.29 is 28.5 Å². The first-order chi connectivity index (χ1) is 31.3. The van der Waals surface area contributed by atoms with Crippen LogP contribution in [0.25, 0.3) is 21.8 Å². The van der Waals surface area contributed by atoms with E-state index in [9.17, 15) is 0 Å². The molecule has 7 aliphatic rings. The number of carbonyl (C=O) groups excluding carboxylic acids is 2. The van der Waals surface area contributed by atoms with Crippen molar-refractivity contribution in [2.24, 2.45) is 23.7 Å². The van der Waals surface area contributed by atoms with E-state index in [0.29, 0.717) is 35.2 Å². The highest BCUT2D eigenvalue weighted by molar-refractivity contribution is 6.29. The van der Waals surface area contributed by atoms with Crippen molar-refractivity contribution in [3.8, 4) is 23.3 Å². The molecule has 13 rings (SSSR count). The highest BCUT2D eigenvalue weighted by Crippen LogP contribution is 2.48. The Balaban J connectivity index is 1.07. The third-order valence-electron chi connectivity index (χ3n) is 14.8. The van der Waals surface area contributed by atoms with Gasteiger partial charge in [-0.2, -0.15) is 0 Å². The van der Waals surface area contributed by atoms with E-state index in [0.717, 1.165) is 84.8 Å². The van der Waals surface area contributed by atoms with Crippen LogP contribution in [0.5, 0.6) is 23.3 Å². The summed E-state index contributed by atoms with van der Waals surface area (Å²) in [6.07, 6.45) is 10.3. The highest BCUT2D eigenvalue weighted by Gasteiger charge is 2.47. The second-order valence-electron chi connectivity index (χ2n) is 17.9. The number of piperidine rings is 6. The molecule has 64 heavy (non-hydrogen) atoms. The van der Waals surface area contributed by atoms with Crippen molar-refractivity contribution >= 4 is 33.4 Å². The van der Waals surface area contributed by atoms with E-state index in [1.165, 1.54) is 0 Å².